The van der Waals surface area contributed by atoms with Crippen molar-refractivity contribution in [1.82, 2.24) is 4.90 Å². The lowest BCUT2D eigenvalue weighted by atomic mass is 10.0. The second kappa shape index (κ2) is 6.71. The summed E-state index contributed by atoms with van der Waals surface area (Å²) >= 11 is 0. The molecule has 0 aromatic heterocycles. The number of nitrogens with two attached hydrogens (primary N) is 1. The van der Waals surface area contributed by atoms with E-state index in [2.05, 4.69) is 6.92 Å². The van der Waals surface area contributed by atoms with Crippen LogP contribution in [-0.4, -0.2) is 23.9 Å². The van der Waals surface area contributed by atoms with Gasteiger partial charge in [0.2, 0.25) is 5.91 Å². The van der Waals surface area contributed by atoms with Crippen LogP contribution in [0.15, 0.2) is 30.3 Å². The molecule has 1 heterocycles. The first-order chi connectivity index (χ1) is 9.20. The van der Waals surface area contributed by atoms with E-state index in [-0.39, 0.29) is 11.9 Å². The Hall–Kier alpha value is -1.35. The molecule has 3 nitrogen and oxygen atoms in total. The minimum atomic E-state index is -0.182. The zero-order valence-corrected chi connectivity index (χ0v) is 11.7. The lowest BCUT2D eigenvalue weighted by Crippen LogP contribution is -2.31. The molecule has 2 rings (SSSR count). The quantitative estimate of drug-likeness (QED) is 0.884. The highest BCUT2D eigenvalue weighted by molar-refractivity contribution is 5.77. The van der Waals surface area contributed by atoms with Gasteiger partial charge in [0.25, 0.3) is 0 Å². The molecule has 1 saturated heterocycles. The largest absolute Gasteiger partial charge is 0.342 e. The molecule has 3 heteroatoms. The van der Waals surface area contributed by atoms with Crippen molar-refractivity contribution in [2.45, 2.75) is 38.6 Å². The van der Waals surface area contributed by atoms with Gasteiger partial charge in [-0.25, -0.2) is 0 Å². The molecule has 0 radical (unpaired) electrons. The van der Waals surface area contributed by atoms with Crippen LogP contribution in [0.2, 0.25) is 0 Å². The van der Waals surface area contributed by atoms with Gasteiger partial charge in [0, 0.05) is 25.6 Å². The fourth-order valence-corrected chi connectivity index (χ4v) is 2.84. The highest BCUT2D eigenvalue weighted by Crippen LogP contribution is 2.23. The Morgan fingerprint density at radius 1 is 1.42 bits per heavy atom. The Labute approximate surface area is 115 Å². The molecular weight excluding hydrogens is 236 g/mol. The van der Waals surface area contributed by atoms with E-state index in [1.807, 2.05) is 35.2 Å². The average Bonchev–Trinajstić information content (AvgIpc) is 2.89. The summed E-state index contributed by atoms with van der Waals surface area (Å²) in [6, 6.07) is 9.69. The summed E-state index contributed by atoms with van der Waals surface area (Å²) < 4.78 is 0. The van der Waals surface area contributed by atoms with Gasteiger partial charge in [0.05, 0.1) is 0 Å². The van der Waals surface area contributed by atoms with Crippen molar-refractivity contribution in [3.05, 3.63) is 35.9 Å². The molecule has 0 bridgehead atoms. The summed E-state index contributed by atoms with van der Waals surface area (Å²) in [6.07, 6.45) is 4.01. The van der Waals surface area contributed by atoms with Gasteiger partial charge < -0.3 is 10.6 Å². The Morgan fingerprint density at radius 3 is 2.84 bits per heavy atom. The second-order valence-corrected chi connectivity index (χ2v) is 5.50. The number of likely N-dealkylation sites (tertiary alicyclic amines) is 1. The summed E-state index contributed by atoms with van der Waals surface area (Å²) in [5, 5.41) is 0. The fraction of sp³-hybridized carbons (Fsp3) is 0.562. The molecule has 1 aromatic rings. The van der Waals surface area contributed by atoms with Gasteiger partial charge in [-0.2, -0.15) is 0 Å². The molecule has 0 aliphatic carbocycles. The number of benzene rings is 1. The normalized spacial score (nSPS) is 20.5. The van der Waals surface area contributed by atoms with Gasteiger partial charge in [-0.1, -0.05) is 43.7 Å². The first kappa shape index (κ1) is 14.1. The Bertz CT molecular complexity index is 404. The van der Waals surface area contributed by atoms with Crippen LogP contribution in [0.5, 0.6) is 0 Å². The van der Waals surface area contributed by atoms with Crippen molar-refractivity contribution < 1.29 is 4.79 Å². The molecule has 104 valence electrons. The average molecular weight is 260 g/mol. The molecule has 1 aliphatic heterocycles. The number of nitrogens with zero attached hydrogens (tertiary/aromatic N) is 1. The molecule has 19 heavy (non-hydrogen) atoms. The summed E-state index contributed by atoms with van der Waals surface area (Å²) in [6.45, 7) is 4.04. The van der Waals surface area contributed by atoms with Gasteiger partial charge in [-0.05, 0) is 24.3 Å². The lowest BCUT2D eigenvalue weighted by Gasteiger charge is -2.19. The number of hydrogen-bond acceptors (Lipinski definition) is 2. The van der Waals surface area contributed by atoms with Crippen LogP contribution in [0.4, 0.5) is 0 Å². The Kier molecular flexibility index (Phi) is 4.97. The van der Waals surface area contributed by atoms with E-state index in [4.69, 9.17) is 5.73 Å². The third-order valence-electron chi connectivity index (χ3n) is 3.96. The summed E-state index contributed by atoms with van der Waals surface area (Å²) in [4.78, 5) is 14.2. The van der Waals surface area contributed by atoms with Gasteiger partial charge in [0.1, 0.15) is 0 Å². The lowest BCUT2D eigenvalue weighted by molar-refractivity contribution is -0.130. The van der Waals surface area contributed by atoms with Crippen LogP contribution < -0.4 is 5.73 Å². The number of rotatable bonds is 5. The van der Waals surface area contributed by atoms with Gasteiger partial charge in [0.15, 0.2) is 0 Å². The van der Waals surface area contributed by atoms with Crippen molar-refractivity contribution in [2.24, 2.45) is 11.7 Å². The van der Waals surface area contributed by atoms with Crippen LogP contribution in [-0.2, 0) is 4.79 Å². The number of carbonyl (C=O) groups excluding carboxylic acids is 1. The van der Waals surface area contributed by atoms with Crippen molar-refractivity contribution in [2.75, 3.05) is 13.1 Å². The van der Waals surface area contributed by atoms with E-state index in [1.54, 1.807) is 0 Å². The van der Waals surface area contributed by atoms with Crippen LogP contribution in [0, 0.1) is 5.92 Å². The number of carbonyl (C=O) groups is 1. The fourth-order valence-electron chi connectivity index (χ4n) is 2.84. The maximum absolute atomic E-state index is 12.2. The minimum absolute atomic E-state index is 0.182. The van der Waals surface area contributed by atoms with Crippen LogP contribution >= 0.6 is 0 Å². The van der Waals surface area contributed by atoms with Gasteiger partial charge in [-0.3, -0.25) is 4.79 Å². The zero-order valence-electron chi connectivity index (χ0n) is 11.7. The van der Waals surface area contributed by atoms with Gasteiger partial charge >= 0.3 is 0 Å². The van der Waals surface area contributed by atoms with Gasteiger partial charge in [-0.15, -0.1) is 0 Å². The molecule has 0 saturated carbocycles. The molecule has 0 spiro atoms. The molecule has 2 unspecified atom stereocenters. The van der Waals surface area contributed by atoms with E-state index in [1.165, 1.54) is 12.8 Å². The molecule has 2 N–H and O–H groups in total. The molecule has 1 fully saturated rings. The minimum Gasteiger partial charge on any atom is -0.342 e. The smallest absolute Gasteiger partial charge is 0.224 e. The predicted octanol–water partition coefficient (Wildman–Crippen LogP) is 2.73. The SMILES string of the molecule is CCCC1CCN(C(=O)CC(N)c2ccccc2)C1. The highest BCUT2D eigenvalue weighted by Gasteiger charge is 2.26. The third-order valence-corrected chi connectivity index (χ3v) is 3.96. The predicted molar refractivity (Wildman–Crippen MR) is 77.6 cm³/mol. The van der Waals surface area contributed by atoms with Crippen LogP contribution in [0.3, 0.4) is 0 Å². The summed E-state index contributed by atoms with van der Waals surface area (Å²) in [5.41, 5.74) is 7.15. The van der Waals surface area contributed by atoms with Crippen molar-refractivity contribution >= 4 is 5.91 Å². The first-order valence-corrected chi connectivity index (χ1v) is 7.29. The maximum Gasteiger partial charge on any atom is 0.224 e. The summed E-state index contributed by atoms with van der Waals surface area (Å²) in [5.74, 6) is 0.900. The second-order valence-electron chi connectivity index (χ2n) is 5.50. The topological polar surface area (TPSA) is 46.3 Å². The van der Waals surface area contributed by atoms with E-state index in [0.29, 0.717) is 12.3 Å². The molecule has 1 amide bonds. The Balaban J connectivity index is 1.85. The zero-order chi connectivity index (χ0) is 13.7. The van der Waals surface area contributed by atoms with Crippen molar-refractivity contribution in [1.29, 1.82) is 0 Å². The molecule has 2 atom stereocenters. The van der Waals surface area contributed by atoms with Crippen LogP contribution in [0.25, 0.3) is 0 Å². The van der Waals surface area contributed by atoms with Crippen molar-refractivity contribution in [3.8, 4) is 0 Å². The summed E-state index contributed by atoms with van der Waals surface area (Å²) in [7, 11) is 0. The Morgan fingerprint density at radius 2 is 2.16 bits per heavy atom. The molecular formula is C16H24N2O. The number of amides is 1. The van der Waals surface area contributed by atoms with E-state index >= 15 is 0 Å². The monoisotopic (exact) mass is 260 g/mol. The van der Waals surface area contributed by atoms with E-state index in [9.17, 15) is 4.79 Å². The maximum atomic E-state index is 12.2. The standard InChI is InChI=1S/C16H24N2O/c1-2-6-13-9-10-18(12-13)16(19)11-15(17)14-7-4-3-5-8-14/h3-5,7-8,13,15H,2,6,9-12,17H2,1H3. The van der Waals surface area contributed by atoms with E-state index in [0.717, 1.165) is 25.1 Å². The van der Waals surface area contributed by atoms with E-state index < -0.39 is 0 Å². The van der Waals surface area contributed by atoms with Crippen LogP contribution in [0.1, 0.15) is 44.2 Å². The van der Waals surface area contributed by atoms with Crippen molar-refractivity contribution in [3.63, 3.8) is 0 Å². The first-order valence-electron chi connectivity index (χ1n) is 7.29. The third kappa shape index (κ3) is 3.80. The number of hydrogen-bond donors (Lipinski definition) is 1. The molecule has 1 aliphatic rings. The molecule has 1 aromatic carbocycles. The highest BCUT2D eigenvalue weighted by atomic mass is 16.2.